The van der Waals surface area contributed by atoms with Crippen molar-refractivity contribution in [3.8, 4) is 0 Å². The summed E-state index contributed by atoms with van der Waals surface area (Å²) >= 11 is 0. The molecule has 2 aliphatic rings. The van der Waals surface area contributed by atoms with E-state index < -0.39 is 0 Å². The second-order valence-corrected chi connectivity index (χ2v) is 4.35. The van der Waals surface area contributed by atoms with E-state index in [9.17, 15) is 5.21 Å². The Bertz CT molecular complexity index is 601. The van der Waals surface area contributed by atoms with E-state index in [1.807, 2.05) is 19.1 Å². The lowest BCUT2D eigenvalue weighted by Gasteiger charge is -2.23. The minimum Gasteiger partial charge on any atom is -0.498 e. The Morgan fingerprint density at radius 1 is 1.41 bits per heavy atom. The molecule has 0 saturated carbocycles. The number of benzene rings is 1. The molecule has 1 aromatic carbocycles. The molecular formula is C14H15NO2. The van der Waals surface area contributed by atoms with Gasteiger partial charge < -0.3 is 4.74 Å². The van der Waals surface area contributed by atoms with E-state index in [0.717, 1.165) is 23.0 Å². The minimum atomic E-state index is 0.528. The van der Waals surface area contributed by atoms with E-state index >= 15 is 0 Å². The van der Waals surface area contributed by atoms with Gasteiger partial charge in [-0.05, 0) is 29.4 Å². The highest BCUT2D eigenvalue weighted by molar-refractivity contribution is 5.65. The van der Waals surface area contributed by atoms with Crippen LogP contribution in [0.5, 0.6) is 0 Å². The van der Waals surface area contributed by atoms with Gasteiger partial charge in [-0.2, -0.15) is 0 Å². The van der Waals surface area contributed by atoms with Crippen molar-refractivity contribution in [1.29, 1.82) is 0 Å². The fourth-order valence-electron chi connectivity index (χ4n) is 2.56. The van der Waals surface area contributed by atoms with Crippen LogP contribution in [0.1, 0.15) is 12.5 Å². The number of rotatable bonds is 2. The molecule has 3 heteroatoms. The molecule has 3 rings (SSSR count). The smallest absolute Gasteiger partial charge is 0.101 e. The summed E-state index contributed by atoms with van der Waals surface area (Å²) in [5, 5.41) is 13.3. The monoisotopic (exact) mass is 229 g/mol. The largest absolute Gasteiger partial charge is 0.498 e. The SMILES string of the molecule is CCOC1=CC2=c3c(cccc3=CN(O)C2)C1. The number of nitrogens with zero attached hydrogens (tertiary/aromatic N) is 1. The van der Waals surface area contributed by atoms with Gasteiger partial charge >= 0.3 is 0 Å². The fraction of sp³-hybridized carbons (Fsp3) is 0.286. The van der Waals surface area contributed by atoms with E-state index in [1.165, 1.54) is 15.8 Å². The van der Waals surface area contributed by atoms with Gasteiger partial charge in [-0.1, -0.05) is 18.2 Å². The van der Waals surface area contributed by atoms with Crippen molar-refractivity contribution in [3.63, 3.8) is 0 Å². The van der Waals surface area contributed by atoms with Crippen molar-refractivity contribution in [2.75, 3.05) is 13.2 Å². The summed E-state index contributed by atoms with van der Waals surface area (Å²) in [7, 11) is 0. The first-order chi connectivity index (χ1) is 8.28. The lowest BCUT2D eigenvalue weighted by Crippen LogP contribution is -2.41. The van der Waals surface area contributed by atoms with Crippen molar-refractivity contribution in [3.05, 3.63) is 46.0 Å². The Hall–Kier alpha value is -1.74. The maximum atomic E-state index is 9.68. The molecule has 1 aliphatic heterocycles. The van der Waals surface area contributed by atoms with Crippen molar-refractivity contribution in [2.24, 2.45) is 0 Å². The van der Waals surface area contributed by atoms with E-state index in [1.54, 1.807) is 6.20 Å². The van der Waals surface area contributed by atoms with Crippen molar-refractivity contribution in [1.82, 2.24) is 5.06 Å². The Balaban J connectivity index is 2.23. The predicted octanol–water partition coefficient (Wildman–Crippen LogP) is 0.757. The highest BCUT2D eigenvalue weighted by Gasteiger charge is 2.16. The molecule has 0 bridgehead atoms. The van der Waals surface area contributed by atoms with Crippen LogP contribution in [-0.2, 0) is 11.2 Å². The normalized spacial score (nSPS) is 17.2. The maximum absolute atomic E-state index is 9.68. The van der Waals surface area contributed by atoms with Gasteiger partial charge in [-0.3, -0.25) is 10.3 Å². The van der Waals surface area contributed by atoms with Crippen LogP contribution in [0.4, 0.5) is 0 Å². The Morgan fingerprint density at radius 3 is 3.12 bits per heavy atom. The van der Waals surface area contributed by atoms with Crippen LogP contribution in [0.15, 0.2) is 30.0 Å². The Morgan fingerprint density at radius 2 is 2.29 bits per heavy atom. The fourth-order valence-corrected chi connectivity index (χ4v) is 2.56. The molecule has 0 atom stereocenters. The second kappa shape index (κ2) is 3.93. The van der Waals surface area contributed by atoms with Crippen LogP contribution >= 0.6 is 0 Å². The summed E-state index contributed by atoms with van der Waals surface area (Å²) in [6, 6.07) is 6.18. The third-order valence-corrected chi connectivity index (χ3v) is 3.15. The highest BCUT2D eigenvalue weighted by Crippen LogP contribution is 2.16. The first-order valence-corrected chi connectivity index (χ1v) is 5.90. The van der Waals surface area contributed by atoms with Gasteiger partial charge in [0.25, 0.3) is 0 Å². The molecule has 0 unspecified atom stereocenters. The molecule has 17 heavy (non-hydrogen) atoms. The molecule has 0 aromatic heterocycles. The maximum Gasteiger partial charge on any atom is 0.101 e. The third kappa shape index (κ3) is 1.72. The molecule has 0 amide bonds. The predicted molar refractivity (Wildman–Crippen MR) is 65.5 cm³/mol. The van der Waals surface area contributed by atoms with Gasteiger partial charge in [0.15, 0.2) is 0 Å². The standard InChI is InChI=1S/C14H15NO2/c1-2-17-13-6-10-4-3-5-11-8-15(16)9-12(7-13)14(10)11/h3-5,7-8,16H,2,6,9H2,1H3. The molecular weight excluding hydrogens is 214 g/mol. The minimum absolute atomic E-state index is 0.528. The van der Waals surface area contributed by atoms with Crippen LogP contribution in [0.2, 0.25) is 0 Å². The number of hydrogen-bond donors (Lipinski definition) is 1. The molecule has 0 radical (unpaired) electrons. The zero-order chi connectivity index (χ0) is 11.8. The van der Waals surface area contributed by atoms with Gasteiger partial charge in [0.1, 0.15) is 5.76 Å². The quantitative estimate of drug-likeness (QED) is 0.812. The van der Waals surface area contributed by atoms with Crippen LogP contribution in [0.3, 0.4) is 0 Å². The highest BCUT2D eigenvalue weighted by atomic mass is 16.5. The first kappa shape index (κ1) is 10.4. The summed E-state index contributed by atoms with van der Waals surface area (Å²) in [4.78, 5) is 0. The van der Waals surface area contributed by atoms with Crippen molar-refractivity contribution < 1.29 is 9.94 Å². The molecule has 0 fully saturated rings. The Labute approximate surface area is 99.9 Å². The Kier molecular flexibility index (Phi) is 2.41. The topological polar surface area (TPSA) is 32.7 Å². The van der Waals surface area contributed by atoms with Gasteiger partial charge in [0.2, 0.25) is 0 Å². The molecule has 1 N–H and O–H groups in total. The molecule has 1 aromatic rings. The lowest BCUT2D eigenvalue weighted by molar-refractivity contribution is -0.00755. The van der Waals surface area contributed by atoms with E-state index in [0.29, 0.717) is 13.2 Å². The van der Waals surface area contributed by atoms with E-state index in [2.05, 4.69) is 12.1 Å². The van der Waals surface area contributed by atoms with Gasteiger partial charge in [0, 0.05) is 17.8 Å². The third-order valence-electron chi connectivity index (χ3n) is 3.15. The summed E-state index contributed by atoms with van der Waals surface area (Å²) in [5.74, 6) is 0.988. The summed E-state index contributed by atoms with van der Waals surface area (Å²) in [5.41, 5.74) is 2.42. The number of hydrogen-bond acceptors (Lipinski definition) is 3. The molecule has 0 spiro atoms. The summed E-state index contributed by atoms with van der Waals surface area (Å²) in [6.45, 7) is 3.20. The van der Waals surface area contributed by atoms with Crippen LogP contribution in [-0.4, -0.2) is 23.4 Å². The van der Waals surface area contributed by atoms with Gasteiger partial charge in [-0.15, -0.1) is 0 Å². The molecule has 3 nitrogen and oxygen atoms in total. The van der Waals surface area contributed by atoms with Crippen LogP contribution in [0.25, 0.3) is 11.8 Å². The van der Waals surface area contributed by atoms with Crippen LogP contribution < -0.4 is 10.4 Å². The zero-order valence-electron chi connectivity index (χ0n) is 9.81. The van der Waals surface area contributed by atoms with Gasteiger partial charge in [-0.25, -0.2) is 0 Å². The number of hydroxylamine groups is 2. The molecule has 1 heterocycles. The summed E-state index contributed by atoms with van der Waals surface area (Å²) < 4.78 is 5.60. The van der Waals surface area contributed by atoms with Crippen molar-refractivity contribution in [2.45, 2.75) is 13.3 Å². The first-order valence-electron chi connectivity index (χ1n) is 5.90. The summed E-state index contributed by atoms with van der Waals surface area (Å²) in [6.07, 6.45) is 4.69. The second-order valence-electron chi connectivity index (χ2n) is 4.35. The average molecular weight is 229 g/mol. The lowest BCUT2D eigenvalue weighted by atomic mass is 9.94. The van der Waals surface area contributed by atoms with E-state index in [-0.39, 0.29) is 0 Å². The van der Waals surface area contributed by atoms with Crippen molar-refractivity contribution >= 4 is 11.8 Å². The number of allylic oxidation sites excluding steroid dienone is 1. The average Bonchev–Trinajstić information content (AvgIpc) is 2.28. The van der Waals surface area contributed by atoms with Crippen LogP contribution in [0, 0.1) is 0 Å². The molecule has 0 saturated heterocycles. The molecule has 1 aliphatic carbocycles. The van der Waals surface area contributed by atoms with Gasteiger partial charge in [0.05, 0.1) is 13.2 Å². The zero-order valence-corrected chi connectivity index (χ0v) is 9.81. The molecule has 88 valence electrons. The van der Waals surface area contributed by atoms with E-state index in [4.69, 9.17) is 4.74 Å². The number of ether oxygens (including phenoxy) is 1.